The Hall–Kier alpha value is -1.83. The van der Waals surface area contributed by atoms with Crippen LogP contribution in [0.1, 0.15) is 0 Å². The van der Waals surface area contributed by atoms with E-state index in [1.165, 1.54) is 16.8 Å². The van der Waals surface area contributed by atoms with Crippen LogP contribution in [-0.2, 0) is 14.3 Å². The molecule has 108 valence electrons. The Morgan fingerprint density at radius 1 is 1.26 bits per heavy atom. The Morgan fingerprint density at radius 2 is 1.89 bits per heavy atom. The molecule has 8 nitrogen and oxygen atoms in total. The predicted molar refractivity (Wildman–Crippen MR) is 65.6 cm³/mol. The van der Waals surface area contributed by atoms with Gasteiger partial charge in [0, 0.05) is 21.1 Å². The van der Waals surface area contributed by atoms with Crippen LogP contribution >= 0.6 is 0 Å². The minimum atomic E-state index is -0.994. The lowest BCUT2D eigenvalue weighted by molar-refractivity contribution is -0.142. The molecule has 1 fully saturated rings. The summed E-state index contributed by atoms with van der Waals surface area (Å²) >= 11 is 0. The van der Waals surface area contributed by atoms with Gasteiger partial charge in [-0.05, 0) is 0 Å². The van der Waals surface area contributed by atoms with E-state index in [2.05, 4.69) is 5.32 Å². The van der Waals surface area contributed by atoms with Gasteiger partial charge in [-0.2, -0.15) is 0 Å². The molecular weight excluding hydrogens is 254 g/mol. The van der Waals surface area contributed by atoms with Crippen LogP contribution in [-0.4, -0.2) is 79.8 Å². The minimum Gasteiger partial charge on any atom is -0.481 e. The third-order valence-corrected chi connectivity index (χ3v) is 3.08. The molecule has 1 saturated heterocycles. The van der Waals surface area contributed by atoms with Gasteiger partial charge in [0.05, 0.1) is 25.8 Å². The minimum absolute atomic E-state index is 0.0915. The van der Waals surface area contributed by atoms with Gasteiger partial charge in [-0.25, -0.2) is 4.79 Å². The van der Waals surface area contributed by atoms with Gasteiger partial charge < -0.3 is 25.0 Å². The largest absolute Gasteiger partial charge is 0.481 e. The van der Waals surface area contributed by atoms with Crippen LogP contribution < -0.4 is 5.32 Å². The molecule has 0 aliphatic carbocycles. The third-order valence-electron chi connectivity index (χ3n) is 3.08. The predicted octanol–water partition coefficient (Wildman–Crippen LogP) is -1.18. The monoisotopic (exact) mass is 273 g/mol. The van der Waals surface area contributed by atoms with Crippen molar-refractivity contribution < 1.29 is 24.2 Å². The fraction of sp³-hybridized carbons (Fsp3) is 0.727. The van der Waals surface area contributed by atoms with E-state index in [-0.39, 0.29) is 25.7 Å². The molecule has 1 aliphatic heterocycles. The number of aliphatic carboxylic acids is 1. The third kappa shape index (κ3) is 3.82. The quantitative estimate of drug-likeness (QED) is 0.671. The average Bonchev–Trinajstić information content (AvgIpc) is 2.83. The number of carbonyl (C=O) groups excluding carboxylic acids is 2. The van der Waals surface area contributed by atoms with Crippen LogP contribution in [0.2, 0.25) is 0 Å². The summed E-state index contributed by atoms with van der Waals surface area (Å²) in [6, 6.07) is -1.01. The maximum Gasteiger partial charge on any atom is 0.317 e. The van der Waals surface area contributed by atoms with Gasteiger partial charge in [0.25, 0.3) is 0 Å². The molecule has 2 atom stereocenters. The zero-order chi connectivity index (χ0) is 14.6. The first kappa shape index (κ1) is 15.2. The van der Waals surface area contributed by atoms with Crippen molar-refractivity contribution >= 4 is 17.9 Å². The highest BCUT2D eigenvalue weighted by molar-refractivity contribution is 5.84. The van der Waals surface area contributed by atoms with Gasteiger partial charge in [-0.3, -0.25) is 9.59 Å². The average molecular weight is 273 g/mol. The van der Waals surface area contributed by atoms with E-state index in [1.54, 1.807) is 14.1 Å². The van der Waals surface area contributed by atoms with E-state index in [0.717, 1.165) is 0 Å². The van der Waals surface area contributed by atoms with Crippen LogP contribution in [0.5, 0.6) is 0 Å². The number of likely N-dealkylation sites (N-methyl/N-ethyl adjacent to an activating group) is 2. The van der Waals surface area contributed by atoms with Crippen molar-refractivity contribution in [3.63, 3.8) is 0 Å². The molecule has 1 heterocycles. The molecule has 0 saturated carbocycles. The topological polar surface area (TPSA) is 99.2 Å². The first-order valence-electron chi connectivity index (χ1n) is 5.86. The van der Waals surface area contributed by atoms with Crippen LogP contribution in [0.25, 0.3) is 0 Å². The van der Waals surface area contributed by atoms with Crippen LogP contribution in [0.15, 0.2) is 0 Å². The van der Waals surface area contributed by atoms with Gasteiger partial charge in [0.1, 0.15) is 5.92 Å². The molecule has 2 N–H and O–H groups in total. The molecular formula is C11H19N3O5. The molecule has 3 amide bonds. The molecule has 0 aromatic rings. The number of carbonyl (C=O) groups is 3. The van der Waals surface area contributed by atoms with Crippen LogP contribution in [0.4, 0.5) is 4.79 Å². The molecule has 2 unspecified atom stereocenters. The fourth-order valence-corrected chi connectivity index (χ4v) is 1.75. The van der Waals surface area contributed by atoms with E-state index < -0.39 is 24.0 Å². The lowest BCUT2D eigenvalue weighted by atomic mass is 10.0. The molecule has 19 heavy (non-hydrogen) atoms. The first-order valence-corrected chi connectivity index (χ1v) is 5.86. The molecule has 0 aromatic heterocycles. The highest BCUT2D eigenvalue weighted by Crippen LogP contribution is 2.18. The van der Waals surface area contributed by atoms with Crippen molar-refractivity contribution in [2.75, 3.05) is 40.9 Å². The van der Waals surface area contributed by atoms with E-state index >= 15 is 0 Å². The molecule has 1 rings (SSSR count). The number of rotatable bonds is 4. The number of carboxylic acids is 1. The summed E-state index contributed by atoms with van der Waals surface area (Å²) < 4.78 is 5.09. The standard InChI is InChI=1S/C11H19N3O5/c1-13(2)9(15)4-12-11(18)14(3)8-6-19-5-7(8)10(16)17/h7-8H,4-6H2,1-3H3,(H,12,18)(H,16,17). The second-order valence-electron chi connectivity index (χ2n) is 4.61. The Kier molecular flexibility index (Phi) is 5.11. The Balaban J connectivity index is 2.52. The maximum absolute atomic E-state index is 11.8. The summed E-state index contributed by atoms with van der Waals surface area (Å²) in [7, 11) is 4.66. The molecule has 0 radical (unpaired) electrons. The van der Waals surface area contributed by atoms with Crippen molar-refractivity contribution in [2.45, 2.75) is 6.04 Å². The SMILES string of the molecule is CN(C)C(=O)CNC(=O)N(C)C1COCC1C(=O)O. The normalized spacial score (nSPS) is 21.8. The summed E-state index contributed by atoms with van der Waals surface area (Å²) in [6.07, 6.45) is 0. The molecule has 1 aliphatic rings. The highest BCUT2D eigenvalue weighted by Gasteiger charge is 2.38. The van der Waals surface area contributed by atoms with E-state index in [4.69, 9.17) is 9.84 Å². The van der Waals surface area contributed by atoms with Crippen LogP contribution in [0, 0.1) is 5.92 Å². The number of nitrogens with zero attached hydrogens (tertiary/aromatic N) is 2. The van der Waals surface area contributed by atoms with E-state index in [9.17, 15) is 14.4 Å². The second-order valence-corrected chi connectivity index (χ2v) is 4.61. The van der Waals surface area contributed by atoms with Gasteiger partial charge in [-0.15, -0.1) is 0 Å². The van der Waals surface area contributed by atoms with Crippen molar-refractivity contribution in [2.24, 2.45) is 5.92 Å². The fourth-order valence-electron chi connectivity index (χ4n) is 1.75. The smallest absolute Gasteiger partial charge is 0.317 e. The maximum atomic E-state index is 11.8. The summed E-state index contributed by atoms with van der Waals surface area (Å²) in [5.41, 5.74) is 0. The zero-order valence-corrected chi connectivity index (χ0v) is 11.3. The summed E-state index contributed by atoms with van der Waals surface area (Å²) in [5.74, 6) is -1.97. The lowest BCUT2D eigenvalue weighted by Crippen LogP contribution is -2.50. The zero-order valence-electron chi connectivity index (χ0n) is 11.3. The van der Waals surface area contributed by atoms with E-state index in [0.29, 0.717) is 0 Å². The number of amides is 3. The van der Waals surface area contributed by atoms with Crippen molar-refractivity contribution in [1.29, 1.82) is 0 Å². The van der Waals surface area contributed by atoms with Gasteiger partial charge >= 0.3 is 12.0 Å². The lowest BCUT2D eigenvalue weighted by Gasteiger charge is -2.26. The Morgan fingerprint density at radius 3 is 2.42 bits per heavy atom. The number of carboxylic acid groups (broad SMARTS) is 1. The van der Waals surface area contributed by atoms with Gasteiger partial charge in [0.2, 0.25) is 5.91 Å². The Labute approximate surface area is 111 Å². The molecule has 0 spiro atoms. The number of nitrogens with one attached hydrogen (secondary N) is 1. The summed E-state index contributed by atoms with van der Waals surface area (Å²) in [4.78, 5) is 36.8. The number of hydrogen-bond acceptors (Lipinski definition) is 4. The summed E-state index contributed by atoms with van der Waals surface area (Å²) in [6.45, 7) is 0.151. The van der Waals surface area contributed by atoms with Gasteiger partial charge in [-0.1, -0.05) is 0 Å². The number of ether oxygens (including phenoxy) is 1. The van der Waals surface area contributed by atoms with E-state index in [1.807, 2.05) is 0 Å². The number of urea groups is 1. The van der Waals surface area contributed by atoms with Crippen LogP contribution in [0.3, 0.4) is 0 Å². The Bertz CT molecular complexity index is 371. The second kappa shape index (κ2) is 6.37. The highest BCUT2D eigenvalue weighted by atomic mass is 16.5. The number of hydrogen-bond donors (Lipinski definition) is 2. The molecule has 8 heteroatoms. The molecule has 0 aromatic carbocycles. The van der Waals surface area contributed by atoms with Crippen molar-refractivity contribution in [3.05, 3.63) is 0 Å². The summed E-state index contributed by atoms with van der Waals surface area (Å²) in [5, 5.41) is 11.5. The van der Waals surface area contributed by atoms with Gasteiger partial charge in [0.15, 0.2) is 0 Å². The van der Waals surface area contributed by atoms with Crippen molar-refractivity contribution in [3.8, 4) is 0 Å². The molecule has 0 bridgehead atoms. The van der Waals surface area contributed by atoms with Crippen molar-refractivity contribution in [1.82, 2.24) is 15.1 Å². The first-order chi connectivity index (χ1) is 8.84.